The number of carbonyl (C=O) groups excluding carboxylic acids is 4. The Bertz CT molecular complexity index is 1350. The van der Waals surface area contributed by atoms with Crippen LogP contribution in [0.2, 0.25) is 0 Å². The summed E-state index contributed by atoms with van der Waals surface area (Å²) in [7, 11) is 0. The maximum absolute atomic E-state index is 14.0. The molecular weight excluding hydrogens is 644 g/mol. The van der Waals surface area contributed by atoms with Crippen molar-refractivity contribution in [1.29, 1.82) is 0 Å². The molecule has 274 valence electrons. The van der Waals surface area contributed by atoms with Gasteiger partial charge in [-0.25, -0.2) is 19.2 Å². The Labute approximate surface area is 293 Å². The van der Waals surface area contributed by atoms with Gasteiger partial charge in [0, 0.05) is 19.6 Å². The Morgan fingerprint density at radius 3 is 1.94 bits per heavy atom. The molecule has 8 aliphatic rings. The highest BCUT2D eigenvalue weighted by Gasteiger charge is 2.61. The Kier molecular flexibility index (Phi) is 11.6. The number of nitrogens with zero attached hydrogens (tertiary/aromatic N) is 2. The van der Waals surface area contributed by atoms with Gasteiger partial charge < -0.3 is 41.7 Å². The summed E-state index contributed by atoms with van der Waals surface area (Å²) in [5.74, 6) is 7.13. The van der Waals surface area contributed by atoms with Crippen LogP contribution in [0.1, 0.15) is 64.2 Å². The molecule has 50 heavy (non-hydrogen) atoms. The van der Waals surface area contributed by atoms with E-state index in [1.165, 1.54) is 6.42 Å². The number of hydroxylamine groups is 4. The van der Waals surface area contributed by atoms with E-state index in [0.717, 1.165) is 48.7 Å². The van der Waals surface area contributed by atoms with E-state index in [1.54, 1.807) is 24.3 Å². The molecule has 0 radical (unpaired) electrons. The van der Waals surface area contributed by atoms with Crippen LogP contribution in [0.5, 0.6) is 0 Å². The van der Waals surface area contributed by atoms with Gasteiger partial charge in [0.05, 0.1) is 18.5 Å². The monoisotopic (exact) mass is 696 g/mol. The zero-order valence-corrected chi connectivity index (χ0v) is 28.7. The second-order valence-corrected chi connectivity index (χ2v) is 15.1. The molecule has 8 aliphatic carbocycles. The lowest BCUT2D eigenvalue weighted by Gasteiger charge is -2.57. The van der Waals surface area contributed by atoms with E-state index in [1.807, 2.05) is 0 Å². The second kappa shape index (κ2) is 16.0. The maximum Gasteiger partial charge on any atom is 0.468 e. The van der Waals surface area contributed by atoms with Crippen LogP contribution in [-0.2, 0) is 23.9 Å². The van der Waals surface area contributed by atoms with E-state index in [-0.39, 0.29) is 56.1 Å². The van der Waals surface area contributed by atoms with Crippen LogP contribution in [0.15, 0.2) is 24.3 Å². The average molecular weight is 697 g/mol. The first-order valence-electron chi connectivity index (χ1n) is 18.2. The van der Waals surface area contributed by atoms with Crippen molar-refractivity contribution in [1.82, 2.24) is 15.4 Å². The summed E-state index contributed by atoms with van der Waals surface area (Å²) in [6, 6.07) is 0. The molecule has 8 saturated carbocycles. The van der Waals surface area contributed by atoms with Crippen molar-refractivity contribution >= 4 is 24.2 Å². The Morgan fingerprint density at radius 1 is 0.680 bits per heavy atom. The van der Waals surface area contributed by atoms with Crippen LogP contribution in [-0.4, -0.2) is 85.9 Å². The van der Waals surface area contributed by atoms with Gasteiger partial charge >= 0.3 is 24.2 Å². The SMILES string of the molecule is NCC#CCN(OC(=O)C12CC3C[C@H](C1)C(OC(=O)NC/C=C/CN)[C@@H](C3)C2)C(=O)ON(C/C=C/CN)C(=O)OC1C2CC3CC(C2)CC1C3. The third-order valence-electron chi connectivity index (χ3n) is 11.7. The van der Waals surface area contributed by atoms with Gasteiger partial charge in [0.1, 0.15) is 18.8 Å². The van der Waals surface area contributed by atoms with Crippen LogP contribution in [0.25, 0.3) is 0 Å². The van der Waals surface area contributed by atoms with E-state index in [0.29, 0.717) is 56.0 Å². The van der Waals surface area contributed by atoms with Gasteiger partial charge in [0.25, 0.3) is 0 Å². The van der Waals surface area contributed by atoms with Gasteiger partial charge in [-0.3, -0.25) is 0 Å². The van der Waals surface area contributed by atoms with Crippen molar-refractivity contribution in [2.24, 2.45) is 64.0 Å². The van der Waals surface area contributed by atoms with Crippen LogP contribution < -0.4 is 22.5 Å². The van der Waals surface area contributed by atoms with Gasteiger partial charge in [-0.2, -0.15) is 0 Å². The largest absolute Gasteiger partial charge is 0.468 e. The Hall–Kier alpha value is -3.80. The lowest BCUT2D eigenvalue weighted by molar-refractivity contribution is -0.219. The van der Waals surface area contributed by atoms with Gasteiger partial charge in [-0.1, -0.05) is 36.1 Å². The molecule has 0 aromatic carbocycles. The summed E-state index contributed by atoms with van der Waals surface area (Å²) in [5.41, 5.74) is 15.8. The van der Waals surface area contributed by atoms with Crippen LogP contribution in [0.4, 0.5) is 14.4 Å². The molecule has 0 spiro atoms. The number of ether oxygens (including phenoxy) is 2. The predicted molar refractivity (Wildman–Crippen MR) is 181 cm³/mol. The number of nitrogens with one attached hydrogen (secondary N) is 1. The zero-order valence-electron chi connectivity index (χ0n) is 28.7. The third-order valence-corrected chi connectivity index (χ3v) is 11.7. The molecule has 8 bridgehead atoms. The maximum atomic E-state index is 14.0. The molecule has 14 nitrogen and oxygen atoms in total. The first-order chi connectivity index (χ1) is 24.2. The summed E-state index contributed by atoms with van der Waals surface area (Å²) in [6.07, 6.45) is 12.6. The van der Waals surface area contributed by atoms with Crippen LogP contribution >= 0.6 is 0 Å². The lowest BCUT2D eigenvalue weighted by atomic mass is 9.48. The van der Waals surface area contributed by atoms with Crippen molar-refractivity contribution in [2.45, 2.75) is 76.4 Å². The fraction of sp³-hybridized carbons (Fsp3) is 0.722. The minimum atomic E-state index is -1.08. The van der Waals surface area contributed by atoms with Crippen molar-refractivity contribution < 1.29 is 38.3 Å². The number of nitrogens with two attached hydrogens (primary N) is 3. The number of hydrogen-bond donors (Lipinski definition) is 4. The van der Waals surface area contributed by atoms with Crippen LogP contribution in [0, 0.1) is 58.7 Å². The topological polar surface area (TPSA) is 202 Å². The molecule has 7 N–H and O–H groups in total. The highest BCUT2D eigenvalue weighted by Crippen LogP contribution is 2.61. The molecule has 3 unspecified atom stereocenters. The van der Waals surface area contributed by atoms with E-state index in [2.05, 4.69) is 17.2 Å². The molecule has 5 atom stereocenters. The molecule has 0 saturated heterocycles. The molecule has 14 heteroatoms. The third kappa shape index (κ3) is 8.05. The predicted octanol–water partition coefficient (Wildman–Crippen LogP) is 2.97. The van der Waals surface area contributed by atoms with Crippen molar-refractivity contribution in [3.05, 3.63) is 24.3 Å². The Morgan fingerprint density at radius 2 is 1.30 bits per heavy atom. The van der Waals surface area contributed by atoms with Gasteiger partial charge in [-0.05, 0) is 106 Å². The van der Waals surface area contributed by atoms with E-state index >= 15 is 0 Å². The molecule has 8 fully saturated rings. The highest BCUT2D eigenvalue weighted by atomic mass is 16.8. The van der Waals surface area contributed by atoms with Gasteiger partial charge in [-0.15, -0.1) is 10.1 Å². The molecule has 0 heterocycles. The second-order valence-electron chi connectivity index (χ2n) is 15.1. The number of carbonyl (C=O) groups is 4. The summed E-state index contributed by atoms with van der Waals surface area (Å²) in [5, 5.41) is 4.32. The molecule has 8 rings (SSSR count). The fourth-order valence-corrected chi connectivity index (χ4v) is 10.2. The van der Waals surface area contributed by atoms with Crippen LogP contribution in [0.3, 0.4) is 0 Å². The van der Waals surface area contributed by atoms with E-state index in [9.17, 15) is 19.2 Å². The summed E-state index contributed by atoms with van der Waals surface area (Å²) >= 11 is 0. The summed E-state index contributed by atoms with van der Waals surface area (Å²) in [6.45, 7) is 0.568. The lowest BCUT2D eigenvalue weighted by Crippen LogP contribution is -2.58. The smallest absolute Gasteiger partial charge is 0.446 e. The number of alkyl carbamates (subject to hydrolysis) is 1. The molecule has 0 aliphatic heterocycles. The van der Waals surface area contributed by atoms with E-state index < -0.39 is 29.7 Å². The molecular formula is C36H52N6O8. The first-order valence-corrected chi connectivity index (χ1v) is 18.2. The quantitative estimate of drug-likeness (QED) is 0.149. The normalized spacial score (nSPS) is 34.3. The van der Waals surface area contributed by atoms with Gasteiger partial charge in [0.2, 0.25) is 0 Å². The van der Waals surface area contributed by atoms with Crippen molar-refractivity contribution in [2.75, 3.05) is 39.3 Å². The minimum Gasteiger partial charge on any atom is -0.446 e. The molecule has 0 aromatic heterocycles. The molecule has 0 aromatic rings. The van der Waals surface area contributed by atoms with Gasteiger partial charge in [0.15, 0.2) is 0 Å². The van der Waals surface area contributed by atoms with Crippen molar-refractivity contribution in [3.63, 3.8) is 0 Å². The number of rotatable bonds is 10. The number of hydrogen-bond acceptors (Lipinski definition) is 11. The summed E-state index contributed by atoms with van der Waals surface area (Å²) < 4.78 is 11.9. The fourth-order valence-electron chi connectivity index (χ4n) is 10.2. The minimum absolute atomic E-state index is 0.0126. The standard InChI is InChI=1S/C36H52N6O8/c37-7-1-4-10-40-33(44)47-31-28-18-25-19-29(31)22-36(20-25,21-28)32(43)49-42(12-6-3-9-39)35(46)50-41(11-5-2-8-38)34(45)48-30-26-14-23-13-24(16-26)17-27(30)15-23/h1-2,4-5,23-31H,7-22,37-39H2,(H,40,44)/b4-1+,5-2+/t23?,24?,25?,26?,27?,28-,29+,30?,31?,36?. The summed E-state index contributed by atoms with van der Waals surface area (Å²) in [4.78, 5) is 65.1. The Balaban J connectivity index is 1.11. The zero-order chi connectivity index (χ0) is 35.3. The first kappa shape index (κ1) is 36.0. The van der Waals surface area contributed by atoms with E-state index in [4.69, 9.17) is 36.3 Å². The highest BCUT2D eigenvalue weighted by molar-refractivity contribution is 5.80. The molecule has 3 amide bonds. The average Bonchev–Trinajstić information content (AvgIpc) is 3.08. The van der Waals surface area contributed by atoms with Crippen molar-refractivity contribution in [3.8, 4) is 11.8 Å². The number of amides is 3.